The van der Waals surface area contributed by atoms with Crippen LogP contribution >= 0.6 is 0 Å². The molecule has 0 aliphatic heterocycles. The van der Waals surface area contributed by atoms with Gasteiger partial charge in [0, 0.05) is 24.1 Å². The molecule has 0 radical (unpaired) electrons. The SMILES string of the molecule is CC(=O)c1ncc(NC(=O)Nc2cnc(-c3cnc(OCc4ccccc4)c4occc34)nc2C)cc1C(F)(F)F. The lowest BCUT2D eigenvalue weighted by Gasteiger charge is -2.14. The molecular formula is C28H21F3N6O4. The Labute approximate surface area is 230 Å². The van der Waals surface area contributed by atoms with Gasteiger partial charge in [-0.25, -0.2) is 19.7 Å². The van der Waals surface area contributed by atoms with E-state index in [-0.39, 0.29) is 11.4 Å². The highest BCUT2D eigenvalue weighted by Crippen LogP contribution is 2.34. The number of anilines is 2. The van der Waals surface area contributed by atoms with Crippen molar-refractivity contribution in [1.82, 2.24) is 19.9 Å². The number of aromatic nitrogens is 4. The van der Waals surface area contributed by atoms with Gasteiger partial charge in [0.1, 0.15) is 12.3 Å². The summed E-state index contributed by atoms with van der Waals surface area (Å²) in [6.45, 7) is 2.91. The number of rotatable bonds is 7. The predicted octanol–water partition coefficient (Wildman–Crippen LogP) is 6.43. The van der Waals surface area contributed by atoms with E-state index in [2.05, 4.69) is 30.6 Å². The number of alkyl halides is 3. The minimum Gasteiger partial charge on any atom is -0.470 e. The monoisotopic (exact) mass is 562 g/mol. The number of nitrogens with zero attached hydrogens (tertiary/aromatic N) is 4. The highest BCUT2D eigenvalue weighted by molar-refractivity contribution is 6.01. The van der Waals surface area contributed by atoms with Crippen LogP contribution in [0.5, 0.6) is 5.88 Å². The number of halogens is 3. The molecule has 13 heteroatoms. The Hall–Kier alpha value is -5.33. The van der Waals surface area contributed by atoms with E-state index < -0.39 is 29.2 Å². The molecule has 10 nitrogen and oxygen atoms in total. The van der Waals surface area contributed by atoms with Crippen molar-refractivity contribution in [3.63, 3.8) is 0 Å². The van der Waals surface area contributed by atoms with E-state index in [1.54, 1.807) is 19.2 Å². The van der Waals surface area contributed by atoms with Gasteiger partial charge >= 0.3 is 12.2 Å². The van der Waals surface area contributed by atoms with Gasteiger partial charge in [0.2, 0.25) is 0 Å². The molecule has 0 saturated carbocycles. The number of Topliss-reactive ketones (excluding diaryl/α,β-unsaturated/α-hetero) is 1. The topological polar surface area (TPSA) is 132 Å². The summed E-state index contributed by atoms with van der Waals surface area (Å²) in [5, 5.41) is 5.45. The Morgan fingerprint density at radius 2 is 1.78 bits per heavy atom. The molecule has 0 spiro atoms. The summed E-state index contributed by atoms with van der Waals surface area (Å²) in [5.74, 6) is -0.233. The molecule has 2 N–H and O–H groups in total. The standard InChI is InChI=1S/C28H21F3N6O4/c1-15-22(37-27(39)36-18-10-21(28(29,30)31)23(16(2)38)32-11-18)13-33-25(35-15)20-12-34-26(24-19(20)8-9-40-24)41-14-17-6-4-3-5-7-17/h3-13H,14H2,1-2H3,(H2,36,37,39). The van der Waals surface area contributed by atoms with Crippen LogP contribution in [0, 0.1) is 6.92 Å². The van der Waals surface area contributed by atoms with Crippen LogP contribution in [-0.2, 0) is 12.8 Å². The first-order valence-electron chi connectivity index (χ1n) is 12.1. The van der Waals surface area contributed by atoms with E-state index in [0.29, 0.717) is 46.6 Å². The van der Waals surface area contributed by atoms with Crippen molar-refractivity contribution in [2.75, 3.05) is 10.6 Å². The smallest absolute Gasteiger partial charge is 0.418 e. The highest BCUT2D eigenvalue weighted by Gasteiger charge is 2.36. The first-order valence-corrected chi connectivity index (χ1v) is 12.1. The van der Waals surface area contributed by atoms with Gasteiger partial charge in [-0.15, -0.1) is 0 Å². The second-order valence-electron chi connectivity index (χ2n) is 8.86. The summed E-state index contributed by atoms with van der Waals surface area (Å²) in [4.78, 5) is 40.8. The van der Waals surface area contributed by atoms with Crippen LogP contribution in [0.2, 0.25) is 0 Å². The fourth-order valence-electron chi connectivity index (χ4n) is 3.98. The first-order chi connectivity index (χ1) is 19.6. The third-order valence-corrected chi connectivity index (χ3v) is 5.93. The molecule has 2 amide bonds. The zero-order valence-corrected chi connectivity index (χ0v) is 21.6. The Balaban J connectivity index is 1.32. The maximum absolute atomic E-state index is 13.4. The summed E-state index contributed by atoms with van der Waals surface area (Å²) in [5.41, 5.74) is 0.317. The number of amides is 2. The Bertz CT molecular complexity index is 1760. The number of hydrogen-bond donors (Lipinski definition) is 2. The number of carbonyl (C=O) groups is 2. The van der Waals surface area contributed by atoms with Crippen LogP contribution in [0.15, 0.2) is 71.7 Å². The van der Waals surface area contributed by atoms with E-state index in [0.717, 1.165) is 18.7 Å². The number of nitrogens with one attached hydrogen (secondary N) is 2. The normalized spacial score (nSPS) is 11.3. The van der Waals surface area contributed by atoms with Gasteiger partial charge < -0.3 is 19.8 Å². The molecule has 0 unspecified atom stereocenters. The number of furan rings is 1. The van der Waals surface area contributed by atoms with Crippen LogP contribution < -0.4 is 15.4 Å². The average Bonchev–Trinajstić information content (AvgIpc) is 3.43. The van der Waals surface area contributed by atoms with Gasteiger partial charge in [-0.1, -0.05) is 30.3 Å². The summed E-state index contributed by atoms with van der Waals surface area (Å²) in [7, 11) is 0. The number of hydrogen-bond acceptors (Lipinski definition) is 8. The maximum Gasteiger partial charge on any atom is 0.418 e. The lowest BCUT2D eigenvalue weighted by Crippen LogP contribution is -2.22. The van der Waals surface area contributed by atoms with Crippen molar-refractivity contribution < 1.29 is 31.9 Å². The average molecular weight is 563 g/mol. The lowest BCUT2D eigenvalue weighted by atomic mass is 10.1. The number of benzene rings is 1. The number of urea groups is 1. The maximum atomic E-state index is 13.4. The second-order valence-corrected chi connectivity index (χ2v) is 8.86. The van der Waals surface area contributed by atoms with Crippen LogP contribution in [0.25, 0.3) is 22.4 Å². The van der Waals surface area contributed by atoms with Gasteiger partial charge in [0.05, 0.1) is 41.3 Å². The zero-order valence-electron chi connectivity index (χ0n) is 21.6. The predicted molar refractivity (Wildman–Crippen MR) is 142 cm³/mol. The third kappa shape index (κ3) is 5.98. The number of pyridine rings is 2. The second kappa shape index (κ2) is 11.0. The molecular weight excluding hydrogens is 541 g/mol. The largest absolute Gasteiger partial charge is 0.470 e. The Morgan fingerprint density at radius 3 is 2.49 bits per heavy atom. The number of carbonyl (C=O) groups excluding carboxylic acids is 2. The first kappa shape index (κ1) is 27.2. The van der Waals surface area contributed by atoms with E-state index in [1.807, 2.05) is 30.3 Å². The molecule has 5 rings (SSSR count). The number of ketones is 1. The van der Waals surface area contributed by atoms with Gasteiger partial charge in [-0.05, 0) is 24.6 Å². The van der Waals surface area contributed by atoms with Crippen molar-refractivity contribution in [2.24, 2.45) is 0 Å². The molecule has 0 aliphatic carbocycles. The third-order valence-electron chi connectivity index (χ3n) is 5.93. The summed E-state index contributed by atoms with van der Waals surface area (Å²) >= 11 is 0. The fraction of sp³-hybridized carbons (Fsp3) is 0.143. The van der Waals surface area contributed by atoms with E-state index in [1.165, 1.54) is 12.5 Å². The molecule has 0 bridgehead atoms. The number of fused-ring (bicyclic) bond motifs is 1. The van der Waals surface area contributed by atoms with Crippen molar-refractivity contribution in [1.29, 1.82) is 0 Å². The van der Waals surface area contributed by atoms with Crippen LogP contribution in [-0.4, -0.2) is 31.8 Å². The Morgan fingerprint density at radius 1 is 1.00 bits per heavy atom. The van der Waals surface area contributed by atoms with Crippen molar-refractivity contribution >= 4 is 34.2 Å². The van der Waals surface area contributed by atoms with Crippen molar-refractivity contribution in [3.05, 3.63) is 89.8 Å². The number of aryl methyl sites for hydroxylation is 1. The number of ether oxygens (including phenoxy) is 1. The van der Waals surface area contributed by atoms with Crippen LogP contribution in [0.4, 0.5) is 29.3 Å². The minimum absolute atomic E-state index is 0.217. The van der Waals surface area contributed by atoms with E-state index in [9.17, 15) is 22.8 Å². The van der Waals surface area contributed by atoms with Gasteiger partial charge in [0.15, 0.2) is 17.2 Å². The molecule has 208 valence electrons. The van der Waals surface area contributed by atoms with E-state index in [4.69, 9.17) is 9.15 Å². The van der Waals surface area contributed by atoms with Crippen LogP contribution in [0.1, 0.15) is 34.2 Å². The summed E-state index contributed by atoms with van der Waals surface area (Å²) < 4.78 is 51.5. The minimum atomic E-state index is -4.83. The van der Waals surface area contributed by atoms with Gasteiger partial charge in [-0.3, -0.25) is 9.78 Å². The molecule has 1 aromatic carbocycles. The quantitative estimate of drug-likeness (QED) is 0.217. The molecule has 4 heterocycles. The zero-order chi connectivity index (χ0) is 29.1. The summed E-state index contributed by atoms with van der Waals surface area (Å²) in [6.07, 6.45) is 0.558. The van der Waals surface area contributed by atoms with Gasteiger partial charge in [0.25, 0.3) is 5.88 Å². The molecule has 0 atom stereocenters. The fourth-order valence-corrected chi connectivity index (χ4v) is 3.98. The summed E-state index contributed by atoms with van der Waals surface area (Å²) in [6, 6.07) is 11.1. The van der Waals surface area contributed by atoms with E-state index >= 15 is 0 Å². The Kier molecular flexibility index (Phi) is 7.34. The molecule has 0 saturated heterocycles. The highest BCUT2D eigenvalue weighted by atomic mass is 19.4. The van der Waals surface area contributed by atoms with Crippen molar-refractivity contribution in [3.8, 4) is 17.3 Å². The van der Waals surface area contributed by atoms with Gasteiger partial charge in [-0.2, -0.15) is 13.2 Å². The lowest BCUT2D eigenvalue weighted by molar-refractivity contribution is -0.138. The molecule has 0 aliphatic rings. The molecule has 41 heavy (non-hydrogen) atoms. The van der Waals surface area contributed by atoms with Crippen molar-refractivity contribution in [2.45, 2.75) is 26.6 Å². The van der Waals surface area contributed by atoms with Crippen LogP contribution in [0.3, 0.4) is 0 Å². The molecule has 4 aromatic heterocycles. The molecule has 5 aromatic rings. The molecule has 0 fully saturated rings.